The minimum Gasteiger partial charge on any atom is -0.493 e. The molecule has 0 N–H and O–H groups in total. The van der Waals surface area contributed by atoms with Crippen LogP contribution < -0.4 is 18.9 Å². The summed E-state index contributed by atoms with van der Waals surface area (Å²) >= 11 is 0. The summed E-state index contributed by atoms with van der Waals surface area (Å²) in [4.78, 5) is 15.1. The summed E-state index contributed by atoms with van der Waals surface area (Å²) < 4.78 is 23.0. The normalized spacial score (nSPS) is 14.8. The first kappa shape index (κ1) is 23.5. The Bertz CT molecular complexity index is 1100. The summed E-state index contributed by atoms with van der Waals surface area (Å²) in [6.45, 7) is 2.99. The number of amides is 1. The predicted molar refractivity (Wildman–Crippen MR) is 131 cm³/mol. The number of rotatable bonds is 9. The third-order valence-electron chi connectivity index (χ3n) is 6.17. The highest BCUT2D eigenvalue weighted by molar-refractivity contribution is 5.79. The molecule has 0 spiro atoms. The molecule has 0 fully saturated rings. The van der Waals surface area contributed by atoms with Crippen molar-refractivity contribution in [1.82, 2.24) is 4.90 Å². The molecule has 1 atom stereocenters. The van der Waals surface area contributed by atoms with Crippen molar-refractivity contribution in [2.24, 2.45) is 0 Å². The van der Waals surface area contributed by atoms with Gasteiger partial charge in [0.25, 0.3) is 5.91 Å². The van der Waals surface area contributed by atoms with E-state index in [9.17, 15) is 4.79 Å². The van der Waals surface area contributed by atoms with Gasteiger partial charge in [0, 0.05) is 6.54 Å². The number of carbonyl (C=O) groups is 1. The molecule has 6 heteroatoms. The zero-order chi connectivity index (χ0) is 23.9. The van der Waals surface area contributed by atoms with Crippen molar-refractivity contribution in [3.05, 3.63) is 83.4 Å². The molecule has 178 valence electrons. The van der Waals surface area contributed by atoms with Crippen LogP contribution in [0.1, 0.15) is 29.7 Å². The van der Waals surface area contributed by atoms with Crippen molar-refractivity contribution in [2.45, 2.75) is 25.8 Å². The Kier molecular flexibility index (Phi) is 7.58. The summed E-state index contributed by atoms with van der Waals surface area (Å²) in [7, 11) is 3.24. The molecule has 4 rings (SSSR count). The Morgan fingerprint density at radius 3 is 2.26 bits per heavy atom. The number of ether oxygens (including phenoxy) is 4. The molecule has 0 saturated heterocycles. The van der Waals surface area contributed by atoms with Crippen molar-refractivity contribution >= 4 is 5.91 Å². The van der Waals surface area contributed by atoms with Crippen LogP contribution in [0.15, 0.2) is 66.7 Å². The molecule has 0 bridgehead atoms. The van der Waals surface area contributed by atoms with E-state index in [1.807, 2.05) is 59.5 Å². The smallest absolute Gasteiger partial charge is 0.261 e. The molecule has 0 unspecified atom stereocenters. The number of para-hydroxylation sites is 1. The molecular weight excluding hydrogens is 430 g/mol. The van der Waals surface area contributed by atoms with Crippen molar-refractivity contribution in [3.63, 3.8) is 0 Å². The van der Waals surface area contributed by atoms with E-state index in [2.05, 4.69) is 19.1 Å². The molecule has 0 aromatic heterocycles. The zero-order valence-corrected chi connectivity index (χ0v) is 20.0. The van der Waals surface area contributed by atoms with Crippen LogP contribution in [0.25, 0.3) is 0 Å². The van der Waals surface area contributed by atoms with Crippen molar-refractivity contribution in [3.8, 4) is 23.0 Å². The number of benzene rings is 3. The van der Waals surface area contributed by atoms with Crippen LogP contribution in [0, 0.1) is 0 Å². The topological polar surface area (TPSA) is 57.2 Å². The van der Waals surface area contributed by atoms with Gasteiger partial charge in [0.2, 0.25) is 0 Å². The summed E-state index contributed by atoms with van der Waals surface area (Å²) in [5.41, 5.74) is 3.38. The average molecular weight is 462 g/mol. The van der Waals surface area contributed by atoms with E-state index in [1.165, 1.54) is 5.56 Å². The molecular formula is C28H31NO5. The highest BCUT2D eigenvalue weighted by atomic mass is 16.5. The number of methoxy groups -OCH3 is 2. The maximum atomic E-state index is 13.3. The molecule has 1 heterocycles. The number of hydrogen-bond donors (Lipinski definition) is 0. The zero-order valence-electron chi connectivity index (χ0n) is 20.0. The van der Waals surface area contributed by atoms with E-state index in [1.54, 1.807) is 14.2 Å². The van der Waals surface area contributed by atoms with E-state index in [0.29, 0.717) is 36.8 Å². The lowest BCUT2D eigenvalue weighted by atomic mass is 9.92. The van der Waals surface area contributed by atoms with Crippen LogP contribution in [-0.4, -0.2) is 44.8 Å². The second-order valence-electron chi connectivity index (χ2n) is 8.17. The summed E-state index contributed by atoms with van der Waals surface area (Å²) in [6.07, 6.45) is 1.69. The molecule has 1 aliphatic heterocycles. The quantitative estimate of drug-likeness (QED) is 0.456. The van der Waals surface area contributed by atoms with Crippen LogP contribution >= 0.6 is 0 Å². The first-order valence-electron chi connectivity index (χ1n) is 11.6. The number of carbonyl (C=O) groups excluding carboxylic acids is 1. The summed E-state index contributed by atoms with van der Waals surface area (Å²) in [5.74, 6) is 2.68. The van der Waals surface area contributed by atoms with Crippen LogP contribution in [-0.2, 0) is 17.6 Å². The fourth-order valence-corrected chi connectivity index (χ4v) is 4.25. The van der Waals surface area contributed by atoms with Crippen LogP contribution in [0.3, 0.4) is 0 Å². The third kappa shape index (κ3) is 5.28. The number of aryl methyl sites for hydroxylation is 1. The second kappa shape index (κ2) is 11.0. The van der Waals surface area contributed by atoms with E-state index >= 15 is 0 Å². The van der Waals surface area contributed by atoms with Gasteiger partial charge in [0.05, 0.1) is 20.3 Å². The van der Waals surface area contributed by atoms with Crippen molar-refractivity contribution in [2.75, 3.05) is 34.0 Å². The molecule has 0 radical (unpaired) electrons. The first-order chi connectivity index (χ1) is 16.6. The maximum absolute atomic E-state index is 13.3. The van der Waals surface area contributed by atoms with Crippen molar-refractivity contribution in [1.29, 1.82) is 0 Å². The van der Waals surface area contributed by atoms with E-state index in [-0.39, 0.29) is 18.6 Å². The minimum absolute atomic E-state index is 0.0334. The average Bonchev–Trinajstić information content (AvgIpc) is 2.90. The van der Waals surface area contributed by atoms with Crippen LogP contribution in [0.5, 0.6) is 23.0 Å². The molecule has 0 aliphatic carbocycles. The third-order valence-corrected chi connectivity index (χ3v) is 6.17. The summed E-state index contributed by atoms with van der Waals surface area (Å²) in [5, 5.41) is 0. The van der Waals surface area contributed by atoms with E-state index in [0.717, 1.165) is 23.3 Å². The predicted octanol–water partition coefficient (Wildman–Crippen LogP) is 4.85. The molecule has 1 aliphatic rings. The number of nitrogens with zero attached hydrogens (tertiary/aromatic N) is 1. The molecule has 34 heavy (non-hydrogen) atoms. The monoisotopic (exact) mass is 461 g/mol. The Labute approximate surface area is 201 Å². The van der Waals surface area contributed by atoms with E-state index in [4.69, 9.17) is 18.9 Å². The minimum atomic E-state index is -0.277. The largest absolute Gasteiger partial charge is 0.493 e. The van der Waals surface area contributed by atoms with Gasteiger partial charge in [-0.05, 0) is 65.9 Å². The van der Waals surface area contributed by atoms with Gasteiger partial charge in [0.1, 0.15) is 18.1 Å². The first-order valence-corrected chi connectivity index (χ1v) is 11.6. The van der Waals surface area contributed by atoms with Crippen molar-refractivity contribution < 1.29 is 23.7 Å². The number of hydrogen-bond acceptors (Lipinski definition) is 5. The highest BCUT2D eigenvalue weighted by Crippen LogP contribution is 2.38. The van der Waals surface area contributed by atoms with Gasteiger partial charge in [-0.1, -0.05) is 37.3 Å². The molecule has 1 amide bonds. The Morgan fingerprint density at radius 2 is 1.59 bits per heavy atom. The SMILES string of the molecule is CCc1ccc(OC[C@@H]2c3cc(OC)c(OC)cc3CCN2C(=O)COc2ccccc2)cc1. The number of fused-ring (bicyclic) bond motifs is 1. The highest BCUT2D eigenvalue weighted by Gasteiger charge is 2.33. The van der Waals surface area contributed by atoms with E-state index < -0.39 is 0 Å². The van der Waals surface area contributed by atoms with Gasteiger partial charge in [-0.15, -0.1) is 0 Å². The molecule has 6 nitrogen and oxygen atoms in total. The van der Waals surface area contributed by atoms with Gasteiger partial charge in [-0.25, -0.2) is 0 Å². The molecule has 0 saturated carbocycles. The molecule has 3 aromatic carbocycles. The fourth-order valence-electron chi connectivity index (χ4n) is 4.25. The van der Waals surface area contributed by atoms with Gasteiger partial charge >= 0.3 is 0 Å². The lowest BCUT2D eigenvalue weighted by molar-refractivity contribution is -0.137. The van der Waals surface area contributed by atoms with Gasteiger partial charge in [-0.3, -0.25) is 4.79 Å². The van der Waals surface area contributed by atoms with Gasteiger partial charge in [-0.2, -0.15) is 0 Å². The summed E-state index contributed by atoms with van der Waals surface area (Å²) in [6, 6.07) is 21.1. The Hall–Kier alpha value is -3.67. The standard InChI is InChI=1S/C28H31NO5/c1-4-20-10-12-23(13-11-20)33-18-25-24-17-27(32-3)26(31-2)16-21(24)14-15-29(25)28(30)19-34-22-8-6-5-7-9-22/h5-13,16-17,25H,4,14-15,18-19H2,1-3H3/t25-/m1/s1. The van der Waals surface area contributed by atoms with Gasteiger partial charge < -0.3 is 23.8 Å². The Balaban J connectivity index is 1.58. The second-order valence-corrected chi connectivity index (χ2v) is 8.17. The Morgan fingerprint density at radius 1 is 0.912 bits per heavy atom. The van der Waals surface area contributed by atoms with Crippen LogP contribution in [0.2, 0.25) is 0 Å². The van der Waals surface area contributed by atoms with Crippen LogP contribution in [0.4, 0.5) is 0 Å². The molecule has 3 aromatic rings. The van der Waals surface area contributed by atoms with Gasteiger partial charge in [0.15, 0.2) is 18.1 Å². The fraction of sp³-hybridized carbons (Fsp3) is 0.321. The lowest BCUT2D eigenvalue weighted by Gasteiger charge is -2.37. The maximum Gasteiger partial charge on any atom is 0.261 e. The lowest BCUT2D eigenvalue weighted by Crippen LogP contribution is -2.44.